The fourth-order valence-corrected chi connectivity index (χ4v) is 1.94. The molecule has 0 saturated carbocycles. The van der Waals surface area contributed by atoms with Crippen LogP contribution in [0.3, 0.4) is 0 Å². The Morgan fingerprint density at radius 3 is 2.20 bits per heavy atom. The van der Waals surface area contributed by atoms with E-state index in [-0.39, 0.29) is 6.10 Å². The lowest BCUT2D eigenvalue weighted by Crippen LogP contribution is -2.00. The molecule has 1 aromatic rings. The van der Waals surface area contributed by atoms with Crippen molar-refractivity contribution < 1.29 is 9.84 Å². The summed E-state index contributed by atoms with van der Waals surface area (Å²) in [7, 11) is 1.68. The van der Waals surface area contributed by atoms with E-state index in [0.29, 0.717) is 0 Å². The first-order valence-corrected chi connectivity index (χ1v) is 5.43. The highest BCUT2D eigenvalue weighted by Gasteiger charge is 2.10. The zero-order chi connectivity index (χ0) is 11.4. The van der Waals surface area contributed by atoms with Crippen LogP contribution in [0.1, 0.15) is 42.6 Å². The summed E-state index contributed by atoms with van der Waals surface area (Å²) in [6.45, 7) is 6.09. The summed E-state index contributed by atoms with van der Waals surface area (Å²) in [6, 6.07) is 4.01. The molecule has 0 radical (unpaired) electrons. The van der Waals surface area contributed by atoms with Gasteiger partial charge >= 0.3 is 0 Å². The number of benzene rings is 1. The van der Waals surface area contributed by atoms with E-state index in [2.05, 4.69) is 6.92 Å². The second kappa shape index (κ2) is 5.17. The van der Waals surface area contributed by atoms with Gasteiger partial charge in [0.05, 0.1) is 13.2 Å². The molecule has 0 spiro atoms. The number of ether oxygens (including phenoxy) is 1. The maximum atomic E-state index is 9.89. The first-order valence-electron chi connectivity index (χ1n) is 5.43. The maximum Gasteiger partial charge on any atom is 0.124 e. The van der Waals surface area contributed by atoms with Crippen LogP contribution < -0.4 is 4.74 Å². The number of aliphatic hydroxyl groups is 1. The number of methoxy groups -OCH3 is 1. The molecular weight excluding hydrogens is 188 g/mol. The number of rotatable bonds is 4. The molecular formula is C13H20O2. The van der Waals surface area contributed by atoms with Crippen LogP contribution in [0.25, 0.3) is 0 Å². The number of aryl methyl sites for hydroxylation is 2. The van der Waals surface area contributed by atoms with Crippen molar-refractivity contribution in [1.82, 2.24) is 0 Å². The molecule has 0 aromatic heterocycles. The Balaban J connectivity index is 3.02. The molecule has 1 aromatic carbocycles. The molecule has 0 aliphatic rings. The van der Waals surface area contributed by atoms with Crippen molar-refractivity contribution in [2.45, 2.75) is 39.7 Å². The molecule has 0 bridgehead atoms. The third kappa shape index (κ3) is 2.72. The van der Waals surface area contributed by atoms with Crippen molar-refractivity contribution in [3.05, 3.63) is 28.8 Å². The van der Waals surface area contributed by atoms with Gasteiger partial charge in [-0.1, -0.05) is 13.3 Å². The molecule has 84 valence electrons. The van der Waals surface area contributed by atoms with E-state index in [1.807, 2.05) is 26.0 Å². The van der Waals surface area contributed by atoms with Gasteiger partial charge in [0, 0.05) is 0 Å². The van der Waals surface area contributed by atoms with Gasteiger partial charge in [-0.05, 0) is 49.1 Å². The van der Waals surface area contributed by atoms with Crippen molar-refractivity contribution in [2.24, 2.45) is 0 Å². The summed E-state index contributed by atoms with van der Waals surface area (Å²) >= 11 is 0. The molecule has 1 unspecified atom stereocenters. The van der Waals surface area contributed by atoms with E-state index in [0.717, 1.165) is 35.3 Å². The minimum absolute atomic E-state index is 0.349. The van der Waals surface area contributed by atoms with Crippen LogP contribution in [0.5, 0.6) is 5.75 Å². The van der Waals surface area contributed by atoms with E-state index < -0.39 is 0 Å². The number of aliphatic hydroxyl groups excluding tert-OH is 1. The summed E-state index contributed by atoms with van der Waals surface area (Å²) in [5, 5.41) is 9.89. The monoisotopic (exact) mass is 208 g/mol. The highest BCUT2D eigenvalue weighted by molar-refractivity contribution is 5.43. The standard InChI is InChI=1S/C13H20O2/c1-5-6-12(14)11-7-9(2)13(15-4)10(3)8-11/h7-8,12,14H,5-6H2,1-4H3. The second-order valence-electron chi connectivity index (χ2n) is 3.99. The van der Waals surface area contributed by atoms with E-state index in [1.165, 1.54) is 0 Å². The van der Waals surface area contributed by atoms with E-state index in [1.54, 1.807) is 7.11 Å². The number of hydrogen-bond donors (Lipinski definition) is 1. The zero-order valence-electron chi connectivity index (χ0n) is 10.0. The Hall–Kier alpha value is -1.02. The van der Waals surface area contributed by atoms with E-state index >= 15 is 0 Å². The van der Waals surface area contributed by atoms with Gasteiger partial charge in [0.2, 0.25) is 0 Å². The molecule has 0 heterocycles. The van der Waals surface area contributed by atoms with Gasteiger partial charge in [-0.15, -0.1) is 0 Å². The van der Waals surface area contributed by atoms with Gasteiger partial charge in [-0.25, -0.2) is 0 Å². The van der Waals surface area contributed by atoms with Crippen LogP contribution in [0.15, 0.2) is 12.1 Å². The summed E-state index contributed by atoms with van der Waals surface area (Å²) < 4.78 is 5.29. The molecule has 2 heteroatoms. The van der Waals surface area contributed by atoms with Gasteiger partial charge in [-0.3, -0.25) is 0 Å². The average Bonchev–Trinajstić information content (AvgIpc) is 2.17. The minimum Gasteiger partial charge on any atom is -0.496 e. The molecule has 0 aliphatic heterocycles. The molecule has 0 saturated heterocycles. The average molecular weight is 208 g/mol. The molecule has 15 heavy (non-hydrogen) atoms. The lowest BCUT2D eigenvalue weighted by atomic mass is 9.99. The van der Waals surface area contributed by atoms with Crippen LogP contribution in [-0.2, 0) is 0 Å². The third-order valence-electron chi connectivity index (χ3n) is 2.63. The smallest absolute Gasteiger partial charge is 0.124 e. The second-order valence-corrected chi connectivity index (χ2v) is 3.99. The molecule has 2 nitrogen and oxygen atoms in total. The molecule has 1 N–H and O–H groups in total. The van der Waals surface area contributed by atoms with Crippen LogP contribution in [0.4, 0.5) is 0 Å². The van der Waals surface area contributed by atoms with Crippen LogP contribution in [0, 0.1) is 13.8 Å². The largest absolute Gasteiger partial charge is 0.496 e. The van der Waals surface area contributed by atoms with Crippen molar-refractivity contribution in [3.8, 4) is 5.75 Å². The summed E-state index contributed by atoms with van der Waals surface area (Å²) in [5.74, 6) is 0.919. The maximum absolute atomic E-state index is 9.89. The highest BCUT2D eigenvalue weighted by Crippen LogP contribution is 2.28. The molecule has 0 amide bonds. The van der Waals surface area contributed by atoms with Crippen molar-refractivity contribution >= 4 is 0 Å². The van der Waals surface area contributed by atoms with Crippen LogP contribution in [-0.4, -0.2) is 12.2 Å². The van der Waals surface area contributed by atoms with Gasteiger partial charge in [0.1, 0.15) is 5.75 Å². The lowest BCUT2D eigenvalue weighted by molar-refractivity contribution is 0.166. The first kappa shape index (κ1) is 12.1. The predicted octanol–water partition coefficient (Wildman–Crippen LogP) is 3.15. The van der Waals surface area contributed by atoms with Crippen LogP contribution in [0.2, 0.25) is 0 Å². The molecule has 0 fully saturated rings. The third-order valence-corrected chi connectivity index (χ3v) is 2.63. The van der Waals surface area contributed by atoms with Crippen molar-refractivity contribution in [3.63, 3.8) is 0 Å². The topological polar surface area (TPSA) is 29.5 Å². The van der Waals surface area contributed by atoms with E-state index in [4.69, 9.17) is 4.74 Å². The Morgan fingerprint density at radius 1 is 1.27 bits per heavy atom. The quantitative estimate of drug-likeness (QED) is 0.823. The van der Waals surface area contributed by atoms with E-state index in [9.17, 15) is 5.11 Å². The van der Waals surface area contributed by atoms with Crippen molar-refractivity contribution in [2.75, 3.05) is 7.11 Å². The summed E-state index contributed by atoms with van der Waals surface area (Å²) in [4.78, 5) is 0. The Morgan fingerprint density at radius 2 is 1.80 bits per heavy atom. The highest BCUT2D eigenvalue weighted by atomic mass is 16.5. The Labute approximate surface area is 91.9 Å². The Kier molecular flexibility index (Phi) is 4.15. The SMILES string of the molecule is CCCC(O)c1cc(C)c(OC)c(C)c1. The minimum atomic E-state index is -0.349. The normalized spacial score (nSPS) is 12.6. The van der Waals surface area contributed by atoms with Gasteiger partial charge in [-0.2, -0.15) is 0 Å². The predicted molar refractivity (Wildman–Crippen MR) is 62.3 cm³/mol. The summed E-state index contributed by atoms with van der Waals surface area (Å²) in [5.41, 5.74) is 3.16. The fraction of sp³-hybridized carbons (Fsp3) is 0.538. The molecule has 1 rings (SSSR count). The van der Waals surface area contributed by atoms with Crippen LogP contribution >= 0.6 is 0 Å². The van der Waals surface area contributed by atoms with Gasteiger partial charge in [0.15, 0.2) is 0 Å². The molecule has 0 aliphatic carbocycles. The first-order chi connectivity index (χ1) is 7.10. The Bertz CT molecular complexity index is 308. The molecule has 1 atom stereocenters. The van der Waals surface area contributed by atoms with Gasteiger partial charge < -0.3 is 9.84 Å². The fourth-order valence-electron chi connectivity index (χ4n) is 1.94. The van der Waals surface area contributed by atoms with Crippen molar-refractivity contribution in [1.29, 1.82) is 0 Å². The zero-order valence-corrected chi connectivity index (χ0v) is 10.0. The van der Waals surface area contributed by atoms with Gasteiger partial charge in [0.25, 0.3) is 0 Å². The lowest BCUT2D eigenvalue weighted by Gasteiger charge is -2.15. The summed E-state index contributed by atoms with van der Waals surface area (Å²) in [6.07, 6.45) is 1.45. The number of hydrogen-bond acceptors (Lipinski definition) is 2.